The molecular weight excluding hydrogens is 630 g/mol. The van der Waals surface area contributed by atoms with Gasteiger partial charge in [0.1, 0.15) is 18.2 Å². The lowest BCUT2D eigenvalue weighted by Crippen LogP contribution is -2.61. The minimum Gasteiger partial charge on any atom is -0.461 e. The van der Waals surface area contributed by atoms with Gasteiger partial charge in [0.05, 0.1) is 18.3 Å². The second-order valence-corrected chi connectivity index (χ2v) is 15.1. The summed E-state index contributed by atoms with van der Waals surface area (Å²) in [5.41, 5.74) is 0. The molecule has 1 amide bonds. The molecule has 4 rings (SSSR count). The molecule has 276 valence electrons. The summed E-state index contributed by atoms with van der Waals surface area (Å²) in [6.45, 7) is 7.61. The summed E-state index contributed by atoms with van der Waals surface area (Å²) in [6.07, 6.45) is 10.8. The molecule has 3 fully saturated rings. The number of hydrogen-bond acceptors (Lipinski definition) is 10. The zero-order valence-corrected chi connectivity index (χ0v) is 30.0. The van der Waals surface area contributed by atoms with Crippen LogP contribution < -0.4 is 0 Å². The number of ether oxygens (including phenoxy) is 3. The van der Waals surface area contributed by atoms with Gasteiger partial charge in [-0.2, -0.15) is 0 Å². The number of allylic oxidation sites excluding steroid dienone is 4. The molecule has 1 saturated carbocycles. The highest BCUT2D eigenvalue weighted by Gasteiger charge is 2.53. The molecule has 0 spiro atoms. The van der Waals surface area contributed by atoms with E-state index < -0.39 is 71.8 Å². The van der Waals surface area contributed by atoms with Gasteiger partial charge in [0, 0.05) is 25.5 Å². The number of esters is 1. The summed E-state index contributed by atoms with van der Waals surface area (Å²) in [5, 5.41) is 32.9. The molecule has 2 bridgehead atoms. The van der Waals surface area contributed by atoms with Gasteiger partial charge in [-0.05, 0) is 101 Å². The molecule has 12 atom stereocenters. The van der Waals surface area contributed by atoms with E-state index in [1.807, 2.05) is 13.0 Å². The molecule has 0 aromatic carbocycles. The van der Waals surface area contributed by atoms with E-state index in [1.54, 1.807) is 13.8 Å². The van der Waals surface area contributed by atoms with Crippen LogP contribution >= 0.6 is 0 Å². The van der Waals surface area contributed by atoms with Crippen molar-refractivity contribution in [1.82, 2.24) is 4.90 Å². The predicted octanol–water partition coefficient (Wildman–Crippen LogP) is 4.05. The fourth-order valence-corrected chi connectivity index (χ4v) is 8.01. The minimum atomic E-state index is -2.42. The summed E-state index contributed by atoms with van der Waals surface area (Å²) in [6, 6.07) is -0.997. The van der Waals surface area contributed by atoms with Crippen LogP contribution in [0.4, 0.5) is 0 Å². The van der Waals surface area contributed by atoms with Crippen molar-refractivity contribution in [1.29, 1.82) is 0 Å². The molecule has 2 saturated heterocycles. The number of aliphatic hydroxyl groups is 3. The van der Waals surface area contributed by atoms with Crippen LogP contribution in [-0.2, 0) is 33.4 Å². The van der Waals surface area contributed by atoms with E-state index in [2.05, 4.69) is 19.1 Å². The number of methoxy groups -OCH3 is 1. The fraction of sp³-hybridized carbons (Fsp3) is 0.789. The summed E-state index contributed by atoms with van der Waals surface area (Å²) >= 11 is 0. The maximum absolute atomic E-state index is 14.0. The van der Waals surface area contributed by atoms with Crippen molar-refractivity contribution in [2.75, 3.05) is 13.7 Å². The Balaban J connectivity index is 1.60. The van der Waals surface area contributed by atoms with Crippen molar-refractivity contribution in [3.8, 4) is 0 Å². The highest BCUT2D eigenvalue weighted by atomic mass is 16.6. The van der Waals surface area contributed by atoms with Crippen molar-refractivity contribution in [3.63, 3.8) is 0 Å². The van der Waals surface area contributed by atoms with Gasteiger partial charge in [-0.25, -0.2) is 4.79 Å². The molecule has 0 radical (unpaired) electrons. The number of piperidine rings is 1. The first-order valence-corrected chi connectivity index (χ1v) is 18.5. The average molecular weight is 690 g/mol. The summed E-state index contributed by atoms with van der Waals surface area (Å²) in [5.74, 6) is -6.73. The third-order valence-electron chi connectivity index (χ3n) is 11.5. The van der Waals surface area contributed by atoms with E-state index in [9.17, 15) is 34.5 Å². The molecule has 4 aliphatic rings. The smallest absolute Gasteiger partial charge is 0.329 e. The van der Waals surface area contributed by atoms with E-state index in [0.29, 0.717) is 64.2 Å². The molecule has 3 aliphatic heterocycles. The minimum absolute atomic E-state index is 0.151. The van der Waals surface area contributed by atoms with Gasteiger partial charge in [-0.1, -0.05) is 45.9 Å². The topological polar surface area (TPSA) is 160 Å². The van der Waals surface area contributed by atoms with Gasteiger partial charge in [0.2, 0.25) is 5.79 Å². The van der Waals surface area contributed by atoms with Crippen molar-refractivity contribution in [2.45, 2.75) is 147 Å². The van der Waals surface area contributed by atoms with Gasteiger partial charge >= 0.3 is 5.97 Å². The highest BCUT2D eigenvalue weighted by molar-refractivity contribution is 6.39. The van der Waals surface area contributed by atoms with Crippen molar-refractivity contribution in [3.05, 3.63) is 24.3 Å². The number of Topliss-reactive ketones (excluding diaryl/α,β-unsaturated/α-hetero) is 1. The molecule has 11 nitrogen and oxygen atoms in total. The first kappa shape index (κ1) is 39.3. The van der Waals surface area contributed by atoms with Gasteiger partial charge in [-0.15, -0.1) is 0 Å². The van der Waals surface area contributed by atoms with E-state index >= 15 is 0 Å². The molecule has 3 heterocycles. The summed E-state index contributed by atoms with van der Waals surface area (Å²) in [4.78, 5) is 55.9. The lowest BCUT2D eigenvalue weighted by atomic mass is 9.76. The number of cyclic esters (lactones) is 1. The van der Waals surface area contributed by atoms with Gasteiger partial charge in [0.25, 0.3) is 11.7 Å². The quantitative estimate of drug-likeness (QED) is 0.223. The Hall–Kier alpha value is -2.44. The van der Waals surface area contributed by atoms with E-state index in [-0.39, 0.29) is 30.1 Å². The molecule has 49 heavy (non-hydrogen) atoms. The summed E-state index contributed by atoms with van der Waals surface area (Å²) in [7, 11) is 1.48. The number of ketones is 2. The normalized spacial score (nSPS) is 41.2. The van der Waals surface area contributed by atoms with E-state index in [1.165, 1.54) is 18.1 Å². The Morgan fingerprint density at radius 1 is 0.959 bits per heavy atom. The third-order valence-corrected chi connectivity index (χ3v) is 11.5. The highest BCUT2D eigenvalue weighted by Crippen LogP contribution is 2.38. The van der Waals surface area contributed by atoms with Gasteiger partial charge in [-0.3, -0.25) is 14.4 Å². The molecule has 0 aromatic heterocycles. The molecule has 0 unspecified atom stereocenters. The lowest BCUT2D eigenvalue weighted by Gasteiger charge is -2.43. The van der Waals surface area contributed by atoms with Crippen LogP contribution in [0, 0.1) is 29.6 Å². The monoisotopic (exact) mass is 689 g/mol. The molecule has 3 N–H and O–H groups in total. The number of aliphatic hydroxyl groups excluding tert-OH is 2. The van der Waals surface area contributed by atoms with Crippen molar-refractivity contribution >= 4 is 23.4 Å². The van der Waals surface area contributed by atoms with Gasteiger partial charge < -0.3 is 34.4 Å². The number of hydrogen-bond donors (Lipinski definition) is 3. The lowest BCUT2D eigenvalue weighted by molar-refractivity contribution is -0.268. The Labute approximate surface area is 291 Å². The summed E-state index contributed by atoms with van der Waals surface area (Å²) < 4.78 is 17.6. The Morgan fingerprint density at radius 3 is 2.43 bits per heavy atom. The van der Waals surface area contributed by atoms with Gasteiger partial charge in [0.15, 0.2) is 5.78 Å². The SMILES string of the molecule is CO[C@@H]1[C@@H](O)[C@H](C[C@@H](C)[C@@H]2CC[C@H](C)/C=C\CC/C=C/C(=O)[C@H](C)[C@@H]3CC[C@@H](C)[C@@](O)(O3)C(=O)C(=O)N3CCCC[C@H]3C(=O)O2)CC[C@H]1O. The van der Waals surface area contributed by atoms with Crippen LogP contribution in [0.3, 0.4) is 0 Å². The number of rotatable bonds is 4. The zero-order chi connectivity index (χ0) is 35.9. The first-order chi connectivity index (χ1) is 23.3. The van der Waals surface area contributed by atoms with Crippen LogP contribution in [0.25, 0.3) is 0 Å². The maximum atomic E-state index is 14.0. The van der Waals surface area contributed by atoms with Crippen molar-refractivity contribution in [2.24, 2.45) is 29.6 Å². The average Bonchev–Trinajstić information content (AvgIpc) is 3.09. The first-order valence-electron chi connectivity index (χ1n) is 18.5. The number of fused-ring (bicyclic) bond motifs is 3. The number of carbonyl (C=O) groups excluding carboxylic acids is 4. The zero-order valence-electron chi connectivity index (χ0n) is 30.0. The van der Waals surface area contributed by atoms with Crippen LogP contribution in [0.5, 0.6) is 0 Å². The number of carbonyl (C=O) groups is 4. The van der Waals surface area contributed by atoms with E-state index in [0.717, 1.165) is 12.8 Å². The molecule has 11 heteroatoms. The largest absolute Gasteiger partial charge is 0.461 e. The number of nitrogens with zero attached hydrogens (tertiary/aromatic N) is 1. The second-order valence-electron chi connectivity index (χ2n) is 15.1. The maximum Gasteiger partial charge on any atom is 0.329 e. The van der Waals surface area contributed by atoms with Crippen LogP contribution in [0.1, 0.15) is 105 Å². The Morgan fingerprint density at radius 2 is 1.69 bits per heavy atom. The Kier molecular flexibility index (Phi) is 14.2. The second kappa shape index (κ2) is 17.7. The van der Waals surface area contributed by atoms with Crippen LogP contribution in [-0.4, -0.2) is 99.7 Å². The van der Waals surface area contributed by atoms with Crippen molar-refractivity contribution < 1.29 is 48.7 Å². The molecule has 0 aromatic rings. The standard InChI is InChI=1S/C38H59NO10/c1-23-12-8-6-7-9-14-29(40)26(4)32-20-16-25(3)38(46,49-32)35(43)36(44)39-21-11-10-13-28(39)37(45)48-31(19-15-23)24(2)22-27-17-18-30(41)34(47-5)33(27)42/h8-9,12,14,23-28,30-34,41-42,46H,6-7,10-11,13,15-22H2,1-5H3/b12-8-,14-9+/t23-,24-,25-,26+,27+,28+,30-,31+,32+,33+,34+,38-/m1/s1. The van der Waals surface area contributed by atoms with Crippen LogP contribution in [0.15, 0.2) is 24.3 Å². The molecular formula is C38H59NO10. The third kappa shape index (κ3) is 9.47. The predicted molar refractivity (Wildman–Crippen MR) is 182 cm³/mol. The fourth-order valence-electron chi connectivity index (χ4n) is 8.01. The molecule has 1 aliphatic carbocycles. The Bertz CT molecular complexity index is 1220. The van der Waals surface area contributed by atoms with E-state index in [4.69, 9.17) is 14.2 Å². The number of amides is 1. The van der Waals surface area contributed by atoms with Crippen LogP contribution in [0.2, 0.25) is 0 Å².